The van der Waals surface area contributed by atoms with Crippen LogP contribution in [-0.4, -0.2) is 4.57 Å². The first-order chi connectivity index (χ1) is 15.8. The van der Waals surface area contributed by atoms with Gasteiger partial charge >= 0.3 is 0 Å². The number of alkyl halides is 1. The molecule has 0 N–H and O–H groups in total. The van der Waals surface area contributed by atoms with E-state index in [2.05, 4.69) is 41.7 Å². The summed E-state index contributed by atoms with van der Waals surface area (Å²) in [6, 6.07) is 0. The number of unbranched alkanes of at least 4 members (excludes halogenated alkanes) is 19. The summed E-state index contributed by atoms with van der Waals surface area (Å²) in [7, 11) is 0. The maximum Gasteiger partial charge on any atom is 0.244 e. The zero-order valence-corrected chi connectivity index (χ0v) is 23.7. The number of rotatable bonds is 24. The molecule has 4 heteroatoms. The van der Waals surface area contributed by atoms with Crippen LogP contribution in [0.4, 0.5) is 0 Å². The van der Waals surface area contributed by atoms with Gasteiger partial charge in [-0.15, -0.1) is 0 Å². The van der Waals surface area contributed by atoms with E-state index in [0.29, 0.717) is 0 Å². The maximum absolute atomic E-state index is 6.58. The highest BCUT2D eigenvalue weighted by Gasteiger charge is 2.13. The molecule has 0 saturated carbocycles. The van der Waals surface area contributed by atoms with Gasteiger partial charge in [-0.05, 0) is 19.3 Å². The molecule has 0 aliphatic carbocycles. The Hall–Kier alpha value is -0.210. The second-order valence-corrected chi connectivity index (χ2v) is 10.5. The van der Waals surface area contributed by atoms with Gasteiger partial charge < -0.3 is 12.4 Å². The molecule has 1 aromatic heterocycles. The van der Waals surface area contributed by atoms with Crippen LogP contribution in [0.25, 0.3) is 0 Å². The van der Waals surface area contributed by atoms with Crippen molar-refractivity contribution in [3.8, 4) is 0 Å². The molecule has 0 aliphatic rings. The van der Waals surface area contributed by atoms with Gasteiger partial charge in [-0.3, -0.25) is 0 Å². The van der Waals surface area contributed by atoms with Gasteiger partial charge in [-0.2, -0.15) is 0 Å². The van der Waals surface area contributed by atoms with E-state index in [-0.39, 0.29) is 17.9 Å². The Morgan fingerprint density at radius 1 is 0.606 bits per heavy atom. The topological polar surface area (TPSA) is 8.81 Å². The lowest BCUT2D eigenvalue weighted by Gasteiger charge is -2.05. The summed E-state index contributed by atoms with van der Waals surface area (Å²) in [4.78, 5) is 0. The number of hydrogen-bond donors (Lipinski definition) is 0. The smallest absolute Gasteiger partial charge is 0.244 e. The molecule has 1 unspecified atom stereocenters. The minimum Gasteiger partial charge on any atom is -1.00 e. The fourth-order valence-electron chi connectivity index (χ4n) is 4.62. The Bertz CT molecular complexity index is 504. The molecule has 0 amide bonds. The molecule has 0 saturated heterocycles. The van der Waals surface area contributed by atoms with Crippen LogP contribution in [0.3, 0.4) is 0 Å². The summed E-state index contributed by atoms with van der Waals surface area (Å²) < 4.78 is 4.50. The van der Waals surface area contributed by atoms with Gasteiger partial charge in [0.05, 0.1) is 6.54 Å². The third kappa shape index (κ3) is 19.8. The summed E-state index contributed by atoms with van der Waals surface area (Å²) >= 11 is 6.58. The highest BCUT2D eigenvalue weighted by molar-refractivity contribution is 6.17. The Morgan fingerprint density at radius 3 is 1.45 bits per heavy atom. The third-order valence-electron chi connectivity index (χ3n) is 6.85. The van der Waals surface area contributed by atoms with Crippen molar-refractivity contribution in [1.82, 2.24) is 4.57 Å². The highest BCUT2D eigenvalue weighted by atomic mass is 35.5. The Balaban J connectivity index is 0.0000102. The van der Waals surface area contributed by atoms with Crippen LogP contribution in [0.15, 0.2) is 18.7 Å². The van der Waals surface area contributed by atoms with Crippen LogP contribution in [0.1, 0.15) is 161 Å². The first kappa shape index (κ1) is 32.8. The van der Waals surface area contributed by atoms with E-state index in [4.69, 9.17) is 11.6 Å². The van der Waals surface area contributed by atoms with E-state index in [1.165, 1.54) is 135 Å². The minimum atomic E-state index is 0. The maximum atomic E-state index is 6.58. The van der Waals surface area contributed by atoms with Crippen molar-refractivity contribution in [2.24, 2.45) is 0 Å². The van der Waals surface area contributed by atoms with Crippen LogP contribution >= 0.6 is 11.6 Å². The van der Waals surface area contributed by atoms with E-state index in [1.807, 2.05) is 0 Å². The van der Waals surface area contributed by atoms with Crippen LogP contribution < -0.4 is 17.0 Å². The van der Waals surface area contributed by atoms with E-state index in [0.717, 1.165) is 13.0 Å². The van der Waals surface area contributed by atoms with E-state index in [1.54, 1.807) is 0 Å². The standard InChI is InChI=1S/C29H56ClN2.ClH/c1-3-5-7-9-10-11-12-13-14-15-16-17-18-19-21-23-25-31-26-27-32(28-31)29(30)24-22-20-8-6-4-2;/h26-29H,3-25H2,1-2H3;1H/q+1;/p-1. The zero-order valence-electron chi connectivity index (χ0n) is 22.2. The van der Waals surface area contributed by atoms with Gasteiger partial charge in [0.2, 0.25) is 6.33 Å². The molecule has 1 rings (SSSR count). The van der Waals surface area contributed by atoms with Crippen molar-refractivity contribution in [2.75, 3.05) is 0 Å². The molecule has 0 fully saturated rings. The molecule has 2 nitrogen and oxygen atoms in total. The highest BCUT2D eigenvalue weighted by Crippen LogP contribution is 2.16. The van der Waals surface area contributed by atoms with Crippen molar-refractivity contribution >= 4 is 11.6 Å². The SMILES string of the molecule is CCCCCCCCCCCCCCCCCCn1cc[n+](C(Cl)CCCCCCC)c1.[Cl-]. The van der Waals surface area contributed by atoms with E-state index >= 15 is 0 Å². The molecule has 0 spiro atoms. The minimum absolute atomic E-state index is 0. The molecule has 1 heterocycles. The van der Waals surface area contributed by atoms with Crippen molar-refractivity contribution in [3.63, 3.8) is 0 Å². The summed E-state index contributed by atoms with van der Waals surface area (Å²) in [5.41, 5.74) is 0.115. The number of halogens is 2. The molecule has 0 bridgehead atoms. The molecular formula is C29H56Cl2N2. The summed E-state index contributed by atoms with van der Waals surface area (Å²) in [6.45, 7) is 5.69. The van der Waals surface area contributed by atoms with Crippen LogP contribution in [-0.2, 0) is 6.54 Å². The molecule has 196 valence electrons. The molecule has 0 aromatic carbocycles. The van der Waals surface area contributed by atoms with E-state index in [9.17, 15) is 0 Å². The Labute approximate surface area is 218 Å². The van der Waals surface area contributed by atoms with E-state index < -0.39 is 0 Å². The van der Waals surface area contributed by atoms with Gasteiger partial charge in [0.1, 0.15) is 12.4 Å². The number of hydrogen-bond acceptors (Lipinski definition) is 0. The van der Waals surface area contributed by atoms with Crippen LogP contribution in [0.2, 0.25) is 0 Å². The molecule has 0 aliphatic heterocycles. The molecule has 1 aromatic rings. The normalized spacial score (nSPS) is 12.1. The van der Waals surface area contributed by atoms with Crippen molar-refractivity contribution in [1.29, 1.82) is 0 Å². The summed E-state index contributed by atoms with van der Waals surface area (Å²) in [5, 5.41) is 0. The largest absolute Gasteiger partial charge is 1.00 e. The van der Waals surface area contributed by atoms with Gasteiger partial charge in [0.15, 0.2) is 5.50 Å². The first-order valence-corrected chi connectivity index (χ1v) is 14.9. The lowest BCUT2D eigenvalue weighted by molar-refractivity contribution is -0.702. The van der Waals surface area contributed by atoms with Crippen LogP contribution in [0, 0.1) is 0 Å². The number of imidazole rings is 1. The molecule has 33 heavy (non-hydrogen) atoms. The Kier molecular flexibility index (Phi) is 24.7. The van der Waals surface area contributed by atoms with Crippen LogP contribution in [0.5, 0.6) is 0 Å². The van der Waals surface area contributed by atoms with Gasteiger partial charge in [-0.1, -0.05) is 141 Å². The average molecular weight is 504 g/mol. The summed E-state index contributed by atoms with van der Waals surface area (Å²) in [6.07, 6.45) is 37.0. The Morgan fingerprint density at radius 2 is 1.00 bits per heavy atom. The number of aryl methyl sites for hydroxylation is 1. The lowest BCUT2D eigenvalue weighted by Crippen LogP contribution is -3.00. The first-order valence-electron chi connectivity index (χ1n) is 14.5. The van der Waals surface area contributed by atoms with Gasteiger partial charge in [0, 0.05) is 6.42 Å². The van der Waals surface area contributed by atoms with Gasteiger partial charge in [-0.25, -0.2) is 9.13 Å². The lowest BCUT2D eigenvalue weighted by atomic mass is 10.0. The number of nitrogens with zero attached hydrogens (tertiary/aromatic N) is 2. The van der Waals surface area contributed by atoms with Crippen molar-refractivity contribution in [2.45, 2.75) is 167 Å². The molecular weight excluding hydrogens is 447 g/mol. The fourth-order valence-corrected chi connectivity index (χ4v) is 4.89. The molecule has 0 radical (unpaired) electrons. The average Bonchev–Trinajstić information content (AvgIpc) is 3.27. The van der Waals surface area contributed by atoms with Gasteiger partial charge in [0.25, 0.3) is 0 Å². The van der Waals surface area contributed by atoms with Crippen molar-refractivity contribution < 1.29 is 17.0 Å². The number of aromatic nitrogens is 2. The second kappa shape index (κ2) is 24.9. The fraction of sp³-hybridized carbons (Fsp3) is 0.897. The third-order valence-corrected chi connectivity index (χ3v) is 7.29. The predicted octanol–water partition coefficient (Wildman–Crippen LogP) is 7.14. The monoisotopic (exact) mass is 502 g/mol. The molecule has 1 atom stereocenters. The zero-order chi connectivity index (χ0) is 23.1. The predicted molar refractivity (Wildman–Crippen MR) is 142 cm³/mol. The quantitative estimate of drug-likeness (QED) is 0.0805. The van der Waals surface area contributed by atoms with Crippen molar-refractivity contribution in [3.05, 3.63) is 18.7 Å². The second-order valence-electron chi connectivity index (χ2n) is 10.0. The summed E-state index contributed by atoms with van der Waals surface area (Å²) in [5.74, 6) is 0.